The molecule has 5 nitrogen and oxygen atoms in total. The van der Waals surface area contributed by atoms with E-state index >= 15 is 0 Å². The zero-order chi connectivity index (χ0) is 20.8. The lowest BCUT2D eigenvalue weighted by atomic mass is 10.1. The first-order valence-electron chi connectivity index (χ1n) is 9.31. The van der Waals surface area contributed by atoms with Gasteiger partial charge in [0.05, 0.1) is 18.9 Å². The van der Waals surface area contributed by atoms with Gasteiger partial charge in [0, 0.05) is 23.3 Å². The maximum Gasteiger partial charge on any atom is 0.189 e. The second-order valence-corrected chi connectivity index (χ2v) is 6.96. The molecule has 150 valence electrons. The molecule has 1 aromatic heterocycles. The third-order valence-electron chi connectivity index (χ3n) is 4.50. The van der Waals surface area contributed by atoms with Gasteiger partial charge < -0.3 is 9.47 Å². The van der Waals surface area contributed by atoms with E-state index in [1.807, 2.05) is 50.2 Å². The largest absolute Gasteiger partial charge is 0.496 e. The van der Waals surface area contributed by atoms with Crippen LogP contribution in [0, 0.1) is 6.92 Å². The molecule has 0 aliphatic heterocycles. The van der Waals surface area contributed by atoms with Crippen LogP contribution in [0.25, 0.3) is 6.08 Å². The molecule has 3 aromatic rings. The summed E-state index contributed by atoms with van der Waals surface area (Å²) in [4.78, 5) is 12.3. The summed E-state index contributed by atoms with van der Waals surface area (Å²) in [5.74, 6) is 1.37. The number of hydrogen-bond donors (Lipinski definition) is 0. The number of hydrogen-bond acceptors (Lipinski definition) is 4. The molecule has 3 rings (SSSR count). The van der Waals surface area contributed by atoms with Crippen molar-refractivity contribution >= 4 is 23.5 Å². The minimum Gasteiger partial charge on any atom is -0.496 e. The van der Waals surface area contributed by atoms with Crippen LogP contribution in [0.4, 0.5) is 0 Å². The van der Waals surface area contributed by atoms with E-state index < -0.39 is 0 Å². The minimum absolute atomic E-state index is 0.0880. The van der Waals surface area contributed by atoms with Gasteiger partial charge in [-0.15, -0.1) is 0 Å². The van der Waals surface area contributed by atoms with Crippen molar-refractivity contribution in [3.05, 3.63) is 82.1 Å². The van der Waals surface area contributed by atoms with Crippen molar-refractivity contribution in [3.63, 3.8) is 0 Å². The fourth-order valence-electron chi connectivity index (χ4n) is 2.81. The number of nitrogens with zero attached hydrogens (tertiary/aromatic N) is 2. The summed E-state index contributed by atoms with van der Waals surface area (Å²) in [6, 6.07) is 11.3. The molecule has 0 aliphatic carbocycles. The van der Waals surface area contributed by atoms with Crippen molar-refractivity contribution in [2.75, 3.05) is 7.11 Å². The van der Waals surface area contributed by atoms with Crippen LogP contribution in [0.1, 0.15) is 34.0 Å². The molecule has 29 heavy (non-hydrogen) atoms. The van der Waals surface area contributed by atoms with Crippen molar-refractivity contribution in [1.82, 2.24) is 9.78 Å². The maximum absolute atomic E-state index is 12.3. The van der Waals surface area contributed by atoms with Crippen LogP contribution >= 0.6 is 11.6 Å². The van der Waals surface area contributed by atoms with E-state index in [-0.39, 0.29) is 5.78 Å². The number of halogens is 1. The molecule has 0 atom stereocenters. The number of ketones is 1. The van der Waals surface area contributed by atoms with Gasteiger partial charge in [0.25, 0.3) is 0 Å². The number of carbonyl (C=O) groups is 1. The molecule has 0 saturated carbocycles. The first kappa shape index (κ1) is 20.7. The predicted molar refractivity (Wildman–Crippen MR) is 115 cm³/mol. The number of benzene rings is 2. The summed E-state index contributed by atoms with van der Waals surface area (Å²) in [5, 5.41) is 4.84. The van der Waals surface area contributed by atoms with Gasteiger partial charge in [-0.1, -0.05) is 23.7 Å². The second-order valence-electron chi connectivity index (χ2n) is 6.55. The molecule has 0 unspecified atom stereocenters. The van der Waals surface area contributed by atoms with Crippen molar-refractivity contribution in [2.45, 2.75) is 27.0 Å². The van der Waals surface area contributed by atoms with E-state index in [9.17, 15) is 4.79 Å². The smallest absolute Gasteiger partial charge is 0.189 e. The van der Waals surface area contributed by atoms with Crippen LogP contribution in [0.3, 0.4) is 0 Å². The highest BCUT2D eigenvalue weighted by Crippen LogP contribution is 2.25. The molecule has 6 heteroatoms. The SMILES string of the molecule is CCn1cc(C(=O)/C=C/c2ccc(OC)c(COc3ccc(Cl)c(C)c3)c2)cn1. The Labute approximate surface area is 175 Å². The molecule has 2 aromatic carbocycles. The normalized spacial score (nSPS) is 11.0. The van der Waals surface area contributed by atoms with Crippen LogP contribution in [0.2, 0.25) is 5.02 Å². The van der Waals surface area contributed by atoms with Crippen LogP contribution in [-0.2, 0) is 13.2 Å². The highest BCUT2D eigenvalue weighted by molar-refractivity contribution is 6.31. The fourth-order valence-corrected chi connectivity index (χ4v) is 2.93. The van der Waals surface area contributed by atoms with Gasteiger partial charge in [-0.05, 0) is 61.4 Å². The van der Waals surface area contributed by atoms with Crippen molar-refractivity contribution in [3.8, 4) is 11.5 Å². The topological polar surface area (TPSA) is 53.4 Å². The first-order valence-corrected chi connectivity index (χ1v) is 9.68. The number of aromatic nitrogens is 2. The number of ether oxygens (including phenoxy) is 2. The third kappa shape index (κ3) is 5.27. The molecule has 0 N–H and O–H groups in total. The quantitative estimate of drug-likeness (QED) is 0.371. The summed E-state index contributed by atoms with van der Waals surface area (Å²) in [7, 11) is 1.62. The fraction of sp³-hybridized carbons (Fsp3) is 0.217. The van der Waals surface area contributed by atoms with E-state index in [4.69, 9.17) is 21.1 Å². The zero-order valence-electron chi connectivity index (χ0n) is 16.7. The molecule has 0 radical (unpaired) electrons. The summed E-state index contributed by atoms with van der Waals surface area (Å²) in [6.07, 6.45) is 6.65. The minimum atomic E-state index is -0.0880. The predicted octanol–water partition coefficient (Wildman–Crippen LogP) is 5.35. The molecule has 0 fully saturated rings. The van der Waals surface area contributed by atoms with Gasteiger partial charge in [0.1, 0.15) is 18.1 Å². The van der Waals surface area contributed by atoms with Crippen molar-refractivity contribution in [1.29, 1.82) is 0 Å². The van der Waals surface area contributed by atoms with Crippen LogP contribution in [0.5, 0.6) is 11.5 Å². The summed E-state index contributed by atoms with van der Waals surface area (Å²) >= 11 is 6.06. The molecular formula is C23H23ClN2O3. The van der Waals surface area contributed by atoms with Crippen molar-refractivity contribution < 1.29 is 14.3 Å². The lowest BCUT2D eigenvalue weighted by molar-refractivity contribution is 0.104. The van der Waals surface area contributed by atoms with Gasteiger partial charge in [0.15, 0.2) is 5.78 Å². The average Bonchev–Trinajstić information content (AvgIpc) is 3.22. The summed E-state index contributed by atoms with van der Waals surface area (Å²) in [6.45, 7) is 4.97. The Morgan fingerprint density at radius 1 is 1.24 bits per heavy atom. The molecule has 0 spiro atoms. The Morgan fingerprint density at radius 3 is 2.76 bits per heavy atom. The van der Waals surface area contributed by atoms with Crippen LogP contribution in [-0.4, -0.2) is 22.7 Å². The Balaban J connectivity index is 1.73. The molecule has 1 heterocycles. The third-order valence-corrected chi connectivity index (χ3v) is 4.92. The van der Waals surface area contributed by atoms with Gasteiger partial charge in [-0.3, -0.25) is 9.48 Å². The Morgan fingerprint density at radius 2 is 2.07 bits per heavy atom. The highest BCUT2D eigenvalue weighted by Gasteiger charge is 2.08. The highest BCUT2D eigenvalue weighted by atomic mass is 35.5. The van der Waals surface area contributed by atoms with Gasteiger partial charge in [0.2, 0.25) is 0 Å². The van der Waals surface area contributed by atoms with E-state index in [1.54, 1.807) is 36.3 Å². The average molecular weight is 411 g/mol. The summed E-state index contributed by atoms with van der Waals surface area (Å²) in [5.41, 5.74) is 3.29. The summed E-state index contributed by atoms with van der Waals surface area (Å²) < 4.78 is 13.1. The second kappa shape index (κ2) is 9.43. The number of carbonyl (C=O) groups excluding carboxylic acids is 1. The zero-order valence-corrected chi connectivity index (χ0v) is 17.4. The number of rotatable bonds is 8. The van der Waals surface area contributed by atoms with Crippen LogP contribution < -0.4 is 9.47 Å². The van der Waals surface area contributed by atoms with E-state index in [0.29, 0.717) is 17.2 Å². The number of allylic oxidation sites excluding steroid dienone is 1. The first-order chi connectivity index (χ1) is 14.0. The number of methoxy groups -OCH3 is 1. The monoisotopic (exact) mass is 410 g/mol. The lowest BCUT2D eigenvalue weighted by Gasteiger charge is -2.12. The van der Waals surface area contributed by atoms with Gasteiger partial charge in [-0.25, -0.2) is 0 Å². The lowest BCUT2D eigenvalue weighted by Crippen LogP contribution is -2.00. The van der Waals surface area contributed by atoms with Crippen molar-refractivity contribution in [2.24, 2.45) is 0 Å². The van der Waals surface area contributed by atoms with E-state index in [0.717, 1.165) is 34.7 Å². The van der Waals surface area contributed by atoms with Gasteiger partial charge >= 0.3 is 0 Å². The molecular weight excluding hydrogens is 388 g/mol. The Hall–Kier alpha value is -3.05. The molecule has 0 bridgehead atoms. The molecule has 0 aliphatic rings. The maximum atomic E-state index is 12.3. The van der Waals surface area contributed by atoms with Crippen LogP contribution in [0.15, 0.2) is 54.9 Å². The van der Waals surface area contributed by atoms with Gasteiger partial charge in [-0.2, -0.15) is 5.10 Å². The molecule has 0 amide bonds. The van der Waals surface area contributed by atoms with E-state index in [2.05, 4.69) is 5.10 Å². The Bertz CT molecular complexity index is 1040. The Kier molecular flexibility index (Phi) is 6.73. The molecule has 0 saturated heterocycles. The van der Waals surface area contributed by atoms with E-state index in [1.165, 1.54) is 0 Å². The number of aryl methyl sites for hydroxylation is 2. The standard InChI is InChI=1S/C23H23ClN2O3/c1-4-26-14-19(13-25-26)22(27)9-5-17-6-10-23(28-3)18(12-17)15-29-20-7-8-21(24)16(2)11-20/h5-14H,4,15H2,1-3H3/b9-5+.